The molecule has 1 N–H and O–H groups in total. The molecule has 0 bridgehead atoms. The highest BCUT2D eigenvalue weighted by Crippen LogP contribution is 2.31. The van der Waals surface area contributed by atoms with E-state index in [1.165, 1.54) is 57.8 Å². The average molecular weight is 223 g/mol. The van der Waals surface area contributed by atoms with Crippen LogP contribution in [0.3, 0.4) is 0 Å². The predicted octanol–water partition coefficient (Wildman–Crippen LogP) is 4.12. The smallest absolute Gasteiger partial charge is 0.00978 e. The molecule has 0 aromatic rings. The van der Waals surface area contributed by atoms with E-state index in [1.54, 1.807) is 0 Å². The van der Waals surface area contributed by atoms with Gasteiger partial charge in [0.05, 0.1) is 0 Å². The molecule has 2 saturated carbocycles. The van der Waals surface area contributed by atoms with Gasteiger partial charge in [-0.15, -0.1) is 0 Å². The van der Waals surface area contributed by atoms with E-state index in [1.807, 2.05) is 0 Å². The first-order valence-electron chi connectivity index (χ1n) is 7.57. The lowest BCUT2D eigenvalue weighted by molar-refractivity contribution is 0.245. The van der Waals surface area contributed by atoms with Crippen molar-refractivity contribution in [3.05, 3.63) is 0 Å². The van der Waals surface area contributed by atoms with E-state index in [-0.39, 0.29) is 0 Å². The van der Waals surface area contributed by atoms with E-state index in [2.05, 4.69) is 19.2 Å². The molecule has 0 heterocycles. The molecule has 0 radical (unpaired) electrons. The van der Waals surface area contributed by atoms with Crippen molar-refractivity contribution in [1.82, 2.24) is 5.32 Å². The van der Waals surface area contributed by atoms with Gasteiger partial charge >= 0.3 is 0 Å². The minimum absolute atomic E-state index is 0.762. The third kappa shape index (κ3) is 3.00. The van der Waals surface area contributed by atoms with Crippen molar-refractivity contribution < 1.29 is 0 Å². The number of rotatable bonds is 4. The van der Waals surface area contributed by atoms with Gasteiger partial charge in [0.1, 0.15) is 0 Å². The van der Waals surface area contributed by atoms with Crippen LogP contribution in [0.2, 0.25) is 0 Å². The van der Waals surface area contributed by atoms with Crippen molar-refractivity contribution in [3.8, 4) is 0 Å². The third-order valence-electron chi connectivity index (χ3n) is 5.02. The Morgan fingerprint density at radius 1 is 1.00 bits per heavy atom. The summed E-state index contributed by atoms with van der Waals surface area (Å²) in [6, 6.07) is 1.60. The van der Waals surface area contributed by atoms with Crippen molar-refractivity contribution in [2.45, 2.75) is 83.7 Å². The van der Waals surface area contributed by atoms with Crippen LogP contribution in [0.4, 0.5) is 0 Å². The van der Waals surface area contributed by atoms with Crippen LogP contribution in [0.15, 0.2) is 0 Å². The fourth-order valence-electron chi connectivity index (χ4n) is 3.85. The first-order valence-corrected chi connectivity index (χ1v) is 7.57. The Balaban J connectivity index is 1.78. The van der Waals surface area contributed by atoms with E-state index in [4.69, 9.17) is 0 Å². The topological polar surface area (TPSA) is 12.0 Å². The first-order chi connectivity index (χ1) is 7.81. The van der Waals surface area contributed by atoms with Crippen LogP contribution in [-0.4, -0.2) is 12.1 Å². The van der Waals surface area contributed by atoms with Crippen LogP contribution in [0.25, 0.3) is 0 Å². The maximum absolute atomic E-state index is 3.95. The van der Waals surface area contributed by atoms with Crippen molar-refractivity contribution in [2.75, 3.05) is 0 Å². The summed E-state index contributed by atoms with van der Waals surface area (Å²) in [5.41, 5.74) is 0. The van der Waals surface area contributed by atoms with Gasteiger partial charge in [-0.1, -0.05) is 39.0 Å². The van der Waals surface area contributed by atoms with Gasteiger partial charge in [-0.05, 0) is 44.4 Å². The summed E-state index contributed by atoms with van der Waals surface area (Å²) in [4.78, 5) is 0. The van der Waals surface area contributed by atoms with Gasteiger partial charge in [-0.25, -0.2) is 0 Å². The summed E-state index contributed by atoms with van der Waals surface area (Å²) >= 11 is 0. The Kier molecular flexibility index (Phi) is 4.69. The molecule has 2 aliphatic carbocycles. The fraction of sp³-hybridized carbons (Fsp3) is 1.00. The van der Waals surface area contributed by atoms with Crippen LogP contribution < -0.4 is 5.32 Å². The summed E-state index contributed by atoms with van der Waals surface area (Å²) in [5, 5.41) is 3.95. The number of hydrogen-bond donors (Lipinski definition) is 1. The average Bonchev–Trinajstić information content (AvgIpc) is 2.77. The minimum atomic E-state index is 0.762. The van der Waals surface area contributed by atoms with Crippen LogP contribution >= 0.6 is 0 Å². The Labute approximate surface area is 101 Å². The second kappa shape index (κ2) is 6.05. The molecule has 0 aromatic heterocycles. The third-order valence-corrected chi connectivity index (χ3v) is 5.02. The zero-order valence-electron chi connectivity index (χ0n) is 11.2. The van der Waals surface area contributed by atoms with Crippen molar-refractivity contribution in [2.24, 2.45) is 11.8 Å². The normalized spacial score (nSPS) is 34.1. The second-order valence-electron chi connectivity index (χ2n) is 6.06. The molecular formula is C15H29N. The highest BCUT2D eigenvalue weighted by Gasteiger charge is 2.29. The number of nitrogens with one attached hydrogen (secondary N) is 1. The largest absolute Gasteiger partial charge is 0.311 e. The van der Waals surface area contributed by atoms with Crippen LogP contribution in [0, 0.1) is 11.8 Å². The summed E-state index contributed by atoms with van der Waals surface area (Å²) in [6.45, 7) is 4.79. The molecule has 3 unspecified atom stereocenters. The molecule has 2 fully saturated rings. The van der Waals surface area contributed by atoms with Crippen LogP contribution in [0.1, 0.15) is 71.6 Å². The van der Waals surface area contributed by atoms with E-state index in [0.717, 1.165) is 23.9 Å². The van der Waals surface area contributed by atoms with Gasteiger partial charge in [0, 0.05) is 12.1 Å². The molecule has 2 rings (SSSR count). The first kappa shape index (κ1) is 12.4. The number of hydrogen-bond acceptors (Lipinski definition) is 1. The predicted molar refractivity (Wildman–Crippen MR) is 70.6 cm³/mol. The molecule has 2 aliphatic rings. The molecule has 0 aromatic carbocycles. The van der Waals surface area contributed by atoms with Gasteiger partial charge in [0.15, 0.2) is 0 Å². The summed E-state index contributed by atoms with van der Waals surface area (Å²) in [7, 11) is 0. The monoisotopic (exact) mass is 223 g/mol. The minimum Gasteiger partial charge on any atom is -0.311 e. The molecule has 16 heavy (non-hydrogen) atoms. The maximum Gasteiger partial charge on any atom is 0.00978 e. The molecule has 0 amide bonds. The maximum atomic E-state index is 3.95. The van der Waals surface area contributed by atoms with Gasteiger partial charge < -0.3 is 5.32 Å². The van der Waals surface area contributed by atoms with Crippen molar-refractivity contribution >= 4 is 0 Å². The highest BCUT2D eigenvalue weighted by atomic mass is 15.0. The lowest BCUT2D eigenvalue weighted by atomic mass is 9.84. The van der Waals surface area contributed by atoms with E-state index in [9.17, 15) is 0 Å². The van der Waals surface area contributed by atoms with Gasteiger partial charge in [0.2, 0.25) is 0 Å². The van der Waals surface area contributed by atoms with Gasteiger partial charge in [-0.2, -0.15) is 0 Å². The molecule has 1 nitrogen and oxygen atoms in total. The molecule has 3 atom stereocenters. The summed E-state index contributed by atoms with van der Waals surface area (Å²) in [6.07, 6.45) is 13.1. The van der Waals surface area contributed by atoms with Crippen molar-refractivity contribution in [3.63, 3.8) is 0 Å². The standard InChI is InChI=1S/C15H29N/c1-3-13-10-7-11-15(13)16-12(2)14-8-5-4-6-9-14/h12-16H,3-11H2,1-2H3. The Bertz CT molecular complexity index is 196. The molecule has 0 saturated heterocycles. The fourth-order valence-corrected chi connectivity index (χ4v) is 3.85. The quantitative estimate of drug-likeness (QED) is 0.756. The van der Waals surface area contributed by atoms with Gasteiger partial charge in [-0.3, -0.25) is 0 Å². The van der Waals surface area contributed by atoms with Gasteiger partial charge in [0.25, 0.3) is 0 Å². The van der Waals surface area contributed by atoms with E-state index >= 15 is 0 Å². The lowest BCUT2D eigenvalue weighted by Gasteiger charge is -2.32. The molecular weight excluding hydrogens is 194 g/mol. The van der Waals surface area contributed by atoms with Crippen LogP contribution in [-0.2, 0) is 0 Å². The zero-order valence-corrected chi connectivity index (χ0v) is 11.2. The Hall–Kier alpha value is -0.0400. The molecule has 1 heteroatoms. The molecule has 0 aliphatic heterocycles. The van der Waals surface area contributed by atoms with Crippen molar-refractivity contribution in [1.29, 1.82) is 0 Å². The molecule has 94 valence electrons. The molecule has 0 spiro atoms. The SMILES string of the molecule is CCC1CCCC1NC(C)C1CCCCC1. The zero-order chi connectivity index (χ0) is 11.4. The Morgan fingerprint density at radius 2 is 1.75 bits per heavy atom. The summed E-state index contributed by atoms with van der Waals surface area (Å²) in [5.74, 6) is 1.93. The van der Waals surface area contributed by atoms with E-state index < -0.39 is 0 Å². The van der Waals surface area contributed by atoms with E-state index in [0.29, 0.717) is 0 Å². The second-order valence-corrected chi connectivity index (χ2v) is 6.06. The highest BCUT2D eigenvalue weighted by molar-refractivity contribution is 4.86. The summed E-state index contributed by atoms with van der Waals surface area (Å²) < 4.78 is 0. The van der Waals surface area contributed by atoms with Crippen LogP contribution in [0.5, 0.6) is 0 Å². The lowest BCUT2D eigenvalue weighted by Crippen LogP contribution is -2.43. The Morgan fingerprint density at radius 3 is 2.44 bits per heavy atom.